The molecule has 0 radical (unpaired) electrons. The topological polar surface area (TPSA) is 68.8 Å². The molecule has 3 rings (SSSR count). The van der Waals surface area contributed by atoms with E-state index in [0.717, 1.165) is 24.1 Å². The fourth-order valence-electron chi connectivity index (χ4n) is 3.63. The molecule has 2 N–H and O–H groups in total. The smallest absolute Gasteiger partial charge is 0.341 e. The SMILES string of the molecule is COC(=O)c1c(Cl)cc(NC2CCCC2)cc1NCc1ccc(OC)cc1OC. The molecule has 1 fully saturated rings. The van der Waals surface area contributed by atoms with E-state index < -0.39 is 5.97 Å². The normalized spacial score (nSPS) is 13.8. The molecular formula is C22H27ClN2O4. The summed E-state index contributed by atoms with van der Waals surface area (Å²) in [7, 11) is 4.57. The van der Waals surface area contributed by atoms with Crippen molar-refractivity contribution in [3.05, 3.63) is 46.5 Å². The number of nitrogens with one attached hydrogen (secondary N) is 2. The molecule has 1 aliphatic carbocycles. The maximum Gasteiger partial charge on any atom is 0.341 e. The van der Waals surface area contributed by atoms with E-state index in [4.69, 9.17) is 25.8 Å². The first kappa shape index (κ1) is 21.1. The van der Waals surface area contributed by atoms with Gasteiger partial charge >= 0.3 is 5.97 Å². The Morgan fingerprint density at radius 1 is 1.10 bits per heavy atom. The molecule has 0 spiro atoms. The first-order valence-corrected chi connectivity index (χ1v) is 10.1. The van der Waals surface area contributed by atoms with Gasteiger partial charge in [0.2, 0.25) is 0 Å². The van der Waals surface area contributed by atoms with Gasteiger partial charge in [-0.25, -0.2) is 4.79 Å². The van der Waals surface area contributed by atoms with Crippen LogP contribution in [0.1, 0.15) is 41.6 Å². The molecule has 7 heteroatoms. The average molecular weight is 419 g/mol. The summed E-state index contributed by atoms with van der Waals surface area (Å²) in [6.45, 7) is 0.445. The van der Waals surface area contributed by atoms with Crippen molar-refractivity contribution in [2.45, 2.75) is 38.3 Å². The number of hydrogen-bond acceptors (Lipinski definition) is 6. The second-order valence-electron chi connectivity index (χ2n) is 7.03. The molecule has 0 heterocycles. The zero-order valence-corrected chi connectivity index (χ0v) is 17.8. The van der Waals surface area contributed by atoms with Crippen LogP contribution in [0.4, 0.5) is 11.4 Å². The molecule has 0 aromatic heterocycles. The van der Waals surface area contributed by atoms with Crippen molar-refractivity contribution >= 4 is 28.9 Å². The van der Waals surface area contributed by atoms with Crippen molar-refractivity contribution < 1.29 is 19.0 Å². The van der Waals surface area contributed by atoms with Crippen LogP contribution in [0.5, 0.6) is 11.5 Å². The Bertz CT molecular complexity index is 866. The molecule has 0 aliphatic heterocycles. The number of carbonyl (C=O) groups excluding carboxylic acids is 1. The molecular weight excluding hydrogens is 392 g/mol. The third-order valence-electron chi connectivity index (χ3n) is 5.17. The van der Waals surface area contributed by atoms with Gasteiger partial charge in [0.1, 0.15) is 17.1 Å². The number of esters is 1. The fourth-order valence-corrected chi connectivity index (χ4v) is 3.93. The summed E-state index contributed by atoms with van der Waals surface area (Å²) in [5, 5.41) is 7.19. The van der Waals surface area contributed by atoms with E-state index in [1.807, 2.05) is 24.3 Å². The number of carbonyl (C=O) groups is 1. The summed E-state index contributed by atoms with van der Waals surface area (Å²) in [4.78, 5) is 12.3. The van der Waals surface area contributed by atoms with Crippen LogP contribution in [0, 0.1) is 0 Å². The number of anilines is 2. The van der Waals surface area contributed by atoms with E-state index >= 15 is 0 Å². The first-order valence-electron chi connectivity index (χ1n) is 9.69. The highest BCUT2D eigenvalue weighted by Gasteiger charge is 2.20. The van der Waals surface area contributed by atoms with E-state index in [-0.39, 0.29) is 0 Å². The van der Waals surface area contributed by atoms with Crippen molar-refractivity contribution in [3.63, 3.8) is 0 Å². The van der Waals surface area contributed by atoms with E-state index in [0.29, 0.717) is 40.4 Å². The molecule has 1 aliphatic rings. The maximum atomic E-state index is 12.3. The third-order valence-corrected chi connectivity index (χ3v) is 5.47. The Morgan fingerprint density at radius 3 is 2.52 bits per heavy atom. The maximum absolute atomic E-state index is 12.3. The largest absolute Gasteiger partial charge is 0.497 e. The Labute approximate surface area is 176 Å². The molecule has 0 amide bonds. The minimum atomic E-state index is -0.480. The third kappa shape index (κ3) is 5.07. The number of halogens is 1. The van der Waals surface area contributed by atoms with Gasteiger partial charge in [0.25, 0.3) is 0 Å². The van der Waals surface area contributed by atoms with E-state index in [1.54, 1.807) is 20.3 Å². The van der Waals surface area contributed by atoms with Gasteiger partial charge in [0, 0.05) is 29.9 Å². The van der Waals surface area contributed by atoms with Gasteiger partial charge in [-0.3, -0.25) is 0 Å². The molecule has 0 unspecified atom stereocenters. The van der Waals surface area contributed by atoms with Crippen LogP contribution in [0.25, 0.3) is 0 Å². The molecule has 0 saturated heterocycles. The lowest BCUT2D eigenvalue weighted by Gasteiger charge is -2.19. The second kappa shape index (κ2) is 9.74. The summed E-state index contributed by atoms with van der Waals surface area (Å²) < 4.78 is 15.6. The summed E-state index contributed by atoms with van der Waals surface area (Å²) in [6, 6.07) is 9.74. The van der Waals surface area contributed by atoms with E-state index in [9.17, 15) is 4.79 Å². The molecule has 29 heavy (non-hydrogen) atoms. The lowest BCUT2D eigenvalue weighted by Crippen LogP contribution is -2.16. The highest BCUT2D eigenvalue weighted by atomic mass is 35.5. The highest BCUT2D eigenvalue weighted by Crippen LogP contribution is 2.33. The predicted molar refractivity (Wildman–Crippen MR) is 116 cm³/mol. The Hall–Kier alpha value is -2.60. The van der Waals surface area contributed by atoms with Crippen LogP contribution in [-0.4, -0.2) is 33.3 Å². The average Bonchev–Trinajstić information content (AvgIpc) is 3.24. The van der Waals surface area contributed by atoms with Crippen LogP contribution >= 0.6 is 11.6 Å². The van der Waals surface area contributed by atoms with E-state index in [2.05, 4.69) is 10.6 Å². The zero-order chi connectivity index (χ0) is 20.8. The van der Waals surface area contributed by atoms with Gasteiger partial charge < -0.3 is 24.8 Å². The zero-order valence-electron chi connectivity index (χ0n) is 17.0. The van der Waals surface area contributed by atoms with Gasteiger partial charge in [-0.15, -0.1) is 0 Å². The monoisotopic (exact) mass is 418 g/mol. The van der Waals surface area contributed by atoms with Crippen LogP contribution in [-0.2, 0) is 11.3 Å². The molecule has 6 nitrogen and oxygen atoms in total. The van der Waals surface area contributed by atoms with Crippen LogP contribution in [0.2, 0.25) is 5.02 Å². The quantitative estimate of drug-likeness (QED) is 0.580. The van der Waals surface area contributed by atoms with Gasteiger partial charge in [0.15, 0.2) is 0 Å². The Balaban J connectivity index is 1.87. The first-order chi connectivity index (χ1) is 14.0. The lowest BCUT2D eigenvalue weighted by molar-refractivity contribution is 0.0602. The number of ether oxygens (including phenoxy) is 3. The lowest BCUT2D eigenvalue weighted by atomic mass is 10.1. The number of benzene rings is 2. The van der Waals surface area contributed by atoms with Crippen molar-refractivity contribution in [1.82, 2.24) is 0 Å². The second-order valence-corrected chi connectivity index (χ2v) is 7.44. The molecule has 0 bridgehead atoms. The van der Waals surface area contributed by atoms with Crippen LogP contribution in [0.3, 0.4) is 0 Å². The standard InChI is InChI=1S/C22H27ClN2O4/c1-27-17-9-8-14(20(12-17)28-2)13-24-19-11-16(25-15-6-4-5-7-15)10-18(23)21(19)22(26)29-3/h8-12,15,24-25H,4-7,13H2,1-3H3. The molecule has 2 aromatic carbocycles. The van der Waals surface area contributed by atoms with Crippen molar-refractivity contribution in [2.24, 2.45) is 0 Å². The molecule has 1 saturated carbocycles. The molecule has 156 valence electrons. The summed E-state index contributed by atoms with van der Waals surface area (Å²) in [6.07, 6.45) is 4.74. The minimum Gasteiger partial charge on any atom is -0.497 e. The summed E-state index contributed by atoms with van der Waals surface area (Å²) in [5.41, 5.74) is 2.74. The van der Waals surface area contributed by atoms with Gasteiger partial charge in [-0.2, -0.15) is 0 Å². The summed E-state index contributed by atoms with van der Waals surface area (Å²) >= 11 is 6.45. The van der Waals surface area contributed by atoms with Gasteiger partial charge in [-0.1, -0.05) is 24.4 Å². The Morgan fingerprint density at radius 2 is 1.86 bits per heavy atom. The summed E-state index contributed by atoms with van der Waals surface area (Å²) in [5.74, 6) is 0.932. The van der Waals surface area contributed by atoms with E-state index in [1.165, 1.54) is 20.0 Å². The van der Waals surface area contributed by atoms with Crippen molar-refractivity contribution in [2.75, 3.05) is 32.0 Å². The predicted octanol–water partition coefficient (Wildman–Crippen LogP) is 5.11. The molecule has 2 aromatic rings. The highest BCUT2D eigenvalue weighted by molar-refractivity contribution is 6.34. The van der Waals surface area contributed by atoms with Gasteiger partial charge in [0.05, 0.1) is 32.0 Å². The minimum absolute atomic E-state index is 0.318. The number of hydrogen-bond donors (Lipinski definition) is 2. The van der Waals surface area contributed by atoms with Crippen molar-refractivity contribution in [1.29, 1.82) is 0 Å². The van der Waals surface area contributed by atoms with Gasteiger partial charge in [-0.05, 0) is 37.1 Å². The number of rotatable bonds is 8. The van der Waals surface area contributed by atoms with Crippen molar-refractivity contribution in [3.8, 4) is 11.5 Å². The number of methoxy groups -OCH3 is 3. The fraction of sp³-hybridized carbons (Fsp3) is 0.409. The van der Waals surface area contributed by atoms with Crippen LogP contribution < -0.4 is 20.1 Å². The van der Waals surface area contributed by atoms with Crippen LogP contribution in [0.15, 0.2) is 30.3 Å². The Kier molecular flexibility index (Phi) is 7.09. The molecule has 0 atom stereocenters.